The number of nitrogens with zero attached hydrogens (tertiary/aromatic N) is 1. The monoisotopic (exact) mass is 822 g/mol. The molecule has 9 nitrogen and oxygen atoms in total. The number of quaternary nitrogens is 1. The minimum Gasteiger partial charge on any atom is -0.545 e. The number of esters is 2. The predicted octanol–water partition coefficient (Wildman–Crippen LogP) is 11.5. The van der Waals surface area contributed by atoms with Crippen molar-refractivity contribution in [3.63, 3.8) is 0 Å². The Morgan fingerprint density at radius 3 is 1.28 bits per heavy atom. The number of unbranched alkanes of at least 4 members (excludes halogenated alkanes) is 25. The third-order valence-electron chi connectivity index (χ3n) is 10.4. The summed E-state index contributed by atoms with van der Waals surface area (Å²) in [6.07, 6.45) is 42.0. The number of allylic oxidation sites excluding steroid dienone is 4. The summed E-state index contributed by atoms with van der Waals surface area (Å²) in [6.45, 7) is 4.73. The van der Waals surface area contributed by atoms with E-state index in [0.29, 0.717) is 17.4 Å². The van der Waals surface area contributed by atoms with E-state index >= 15 is 0 Å². The molecule has 340 valence electrons. The second-order valence-corrected chi connectivity index (χ2v) is 17.4. The van der Waals surface area contributed by atoms with Crippen LogP contribution >= 0.6 is 0 Å². The number of hydrogen-bond donors (Lipinski definition) is 0. The van der Waals surface area contributed by atoms with Gasteiger partial charge in [0.2, 0.25) is 0 Å². The lowest BCUT2D eigenvalue weighted by molar-refractivity contribution is -0.870. The zero-order chi connectivity index (χ0) is 42.8. The summed E-state index contributed by atoms with van der Waals surface area (Å²) in [7, 11) is 5.91. The van der Waals surface area contributed by atoms with Gasteiger partial charge in [-0.3, -0.25) is 9.59 Å². The lowest BCUT2D eigenvalue weighted by atomic mass is 10.1. The highest BCUT2D eigenvalue weighted by Gasteiger charge is 2.21. The molecule has 0 aliphatic carbocycles. The lowest BCUT2D eigenvalue weighted by Crippen LogP contribution is -2.44. The van der Waals surface area contributed by atoms with Crippen molar-refractivity contribution in [3.8, 4) is 0 Å². The molecule has 0 saturated carbocycles. The first-order valence-electron chi connectivity index (χ1n) is 24.0. The Morgan fingerprint density at radius 2 is 0.879 bits per heavy atom. The number of aliphatic carboxylic acids is 1. The minimum atomic E-state index is -1.62. The van der Waals surface area contributed by atoms with Crippen LogP contribution in [-0.4, -0.2) is 82.3 Å². The van der Waals surface area contributed by atoms with Gasteiger partial charge < -0.3 is 33.3 Å². The van der Waals surface area contributed by atoms with E-state index in [1.54, 1.807) is 0 Å². The van der Waals surface area contributed by atoms with Crippen LogP contribution in [0.4, 0.5) is 0 Å². The van der Waals surface area contributed by atoms with E-state index < -0.39 is 24.3 Å². The van der Waals surface area contributed by atoms with Crippen LogP contribution in [-0.2, 0) is 33.3 Å². The molecule has 0 aromatic carbocycles. The molecule has 0 aromatic heterocycles. The number of likely N-dealkylation sites (N-methyl/N-ethyl adjacent to an activating group) is 1. The minimum absolute atomic E-state index is 0.147. The first-order valence-corrected chi connectivity index (χ1v) is 24.0. The average molecular weight is 822 g/mol. The van der Waals surface area contributed by atoms with Crippen LogP contribution in [0.15, 0.2) is 24.3 Å². The van der Waals surface area contributed by atoms with Gasteiger partial charge in [0, 0.05) is 12.8 Å². The molecular formula is C49H91NO8. The van der Waals surface area contributed by atoms with Gasteiger partial charge in [0.25, 0.3) is 0 Å². The molecule has 0 saturated heterocycles. The van der Waals surface area contributed by atoms with Gasteiger partial charge in [0.15, 0.2) is 12.4 Å². The molecule has 2 atom stereocenters. The van der Waals surface area contributed by atoms with Crippen LogP contribution in [0.2, 0.25) is 0 Å². The number of hydrogen-bond acceptors (Lipinski definition) is 8. The SMILES string of the molecule is CCCCCCCC/C=C\CCCCCCCC(=O)OCC(COC(OCC[N+](C)(C)C)C(=O)[O-])OC(=O)CCCCCCCCC/C=C\CCCCCCCCC. The summed E-state index contributed by atoms with van der Waals surface area (Å²) < 4.78 is 22.6. The van der Waals surface area contributed by atoms with E-state index in [1.807, 2.05) is 21.1 Å². The molecule has 58 heavy (non-hydrogen) atoms. The van der Waals surface area contributed by atoms with Gasteiger partial charge in [0.1, 0.15) is 13.2 Å². The summed E-state index contributed by atoms with van der Waals surface area (Å²) in [5.74, 6) is -2.29. The summed E-state index contributed by atoms with van der Waals surface area (Å²) in [6, 6.07) is 0. The highest BCUT2D eigenvalue weighted by Crippen LogP contribution is 2.14. The first kappa shape index (κ1) is 55.8. The summed E-state index contributed by atoms with van der Waals surface area (Å²) in [5.41, 5.74) is 0. The topological polar surface area (TPSA) is 111 Å². The van der Waals surface area contributed by atoms with E-state index in [-0.39, 0.29) is 38.6 Å². The van der Waals surface area contributed by atoms with Crippen molar-refractivity contribution in [2.75, 3.05) is 47.5 Å². The molecule has 0 rings (SSSR count). The van der Waals surface area contributed by atoms with Crippen molar-refractivity contribution in [3.05, 3.63) is 24.3 Å². The maximum absolute atomic E-state index is 12.8. The van der Waals surface area contributed by atoms with E-state index in [9.17, 15) is 19.5 Å². The van der Waals surface area contributed by atoms with Crippen molar-refractivity contribution < 1.29 is 42.9 Å². The smallest absolute Gasteiger partial charge is 0.306 e. The molecule has 9 heteroatoms. The van der Waals surface area contributed by atoms with Crippen LogP contribution in [0.25, 0.3) is 0 Å². The number of rotatable bonds is 44. The normalized spacial score (nSPS) is 13.1. The second-order valence-electron chi connectivity index (χ2n) is 17.4. The molecule has 0 amide bonds. The van der Waals surface area contributed by atoms with Gasteiger partial charge in [-0.15, -0.1) is 0 Å². The number of carbonyl (C=O) groups is 3. The molecule has 0 spiro atoms. The maximum atomic E-state index is 12.8. The van der Waals surface area contributed by atoms with E-state index in [1.165, 1.54) is 116 Å². The van der Waals surface area contributed by atoms with E-state index in [2.05, 4.69) is 38.2 Å². The molecule has 0 N–H and O–H groups in total. The fraction of sp³-hybridized carbons (Fsp3) is 0.857. The molecule has 0 radical (unpaired) electrons. The van der Waals surface area contributed by atoms with Crippen LogP contribution in [0.5, 0.6) is 0 Å². The molecule has 0 bridgehead atoms. The summed E-state index contributed by atoms with van der Waals surface area (Å²) in [4.78, 5) is 37.0. The number of carboxylic acids is 1. The Bertz CT molecular complexity index is 1010. The number of ether oxygens (including phenoxy) is 4. The molecule has 0 aliphatic heterocycles. The summed E-state index contributed by atoms with van der Waals surface area (Å²) in [5, 5.41) is 11.7. The third kappa shape index (κ3) is 41.9. The van der Waals surface area contributed by atoms with Crippen molar-refractivity contribution >= 4 is 17.9 Å². The highest BCUT2D eigenvalue weighted by atomic mass is 16.7. The van der Waals surface area contributed by atoms with Gasteiger partial charge in [-0.2, -0.15) is 0 Å². The third-order valence-corrected chi connectivity index (χ3v) is 10.4. The Morgan fingerprint density at radius 1 is 0.500 bits per heavy atom. The van der Waals surface area contributed by atoms with E-state index in [0.717, 1.165) is 64.2 Å². The van der Waals surface area contributed by atoms with Crippen LogP contribution in [0.1, 0.15) is 213 Å². The quantitative estimate of drug-likeness (QED) is 0.0196. The highest BCUT2D eigenvalue weighted by molar-refractivity contribution is 5.70. The fourth-order valence-electron chi connectivity index (χ4n) is 6.64. The summed E-state index contributed by atoms with van der Waals surface area (Å²) >= 11 is 0. The maximum Gasteiger partial charge on any atom is 0.306 e. The zero-order valence-electron chi connectivity index (χ0n) is 38.4. The molecular weight excluding hydrogens is 731 g/mol. The number of carbonyl (C=O) groups excluding carboxylic acids is 3. The van der Waals surface area contributed by atoms with Crippen molar-refractivity contribution in [2.45, 2.75) is 225 Å². The Hall–Kier alpha value is -2.23. The first-order chi connectivity index (χ1) is 28.1. The van der Waals surface area contributed by atoms with Gasteiger partial charge in [-0.05, 0) is 64.2 Å². The Balaban J connectivity index is 4.40. The fourth-order valence-corrected chi connectivity index (χ4v) is 6.64. The Kier molecular flexibility index (Phi) is 39.9. The van der Waals surface area contributed by atoms with Crippen molar-refractivity contribution in [1.82, 2.24) is 0 Å². The van der Waals surface area contributed by atoms with Gasteiger partial charge in [0.05, 0.1) is 40.3 Å². The lowest BCUT2D eigenvalue weighted by Gasteiger charge is -2.26. The van der Waals surface area contributed by atoms with Crippen LogP contribution < -0.4 is 5.11 Å². The van der Waals surface area contributed by atoms with Gasteiger partial charge in [-0.25, -0.2) is 0 Å². The van der Waals surface area contributed by atoms with Crippen LogP contribution in [0, 0.1) is 0 Å². The average Bonchev–Trinajstić information content (AvgIpc) is 3.18. The molecule has 0 heterocycles. The molecule has 2 unspecified atom stereocenters. The molecule has 0 aliphatic rings. The van der Waals surface area contributed by atoms with E-state index in [4.69, 9.17) is 18.9 Å². The Labute approximate surface area is 357 Å². The van der Waals surface area contributed by atoms with Gasteiger partial charge >= 0.3 is 11.9 Å². The van der Waals surface area contributed by atoms with Crippen molar-refractivity contribution in [2.24, 2.45) is 0 Å². The second kappa shape index (κ2) is 41.5. The van der Waals surface area contributed by atoms with Crippen molar-refractivity contribution in [1.29, 1.82) is 0 Å². The largest absolute Gasteiger partial charge is 0.545 e. The number of carboxylic acid groups (broad SMARTS) is 1. The molecule has 0 aromatic rings. The molecule has 0 fully saturated rings. The zero-order valence-corrected chi connectivity index (χ0v) is 38.4. The standard InChI is InChI=1S/C49H91NO8/c1-6-8-10-12-14-16-18-20-22-23-24-26-28-30-32-34-36-38-40-47(52)58-45(44-57-49(48(53)54)55-42-41-50(3,4)5)43-56-46(51)39-37-35-33-31-29-27-25-21-19-17-15-13-11-9-7-2/h21-23,25,45,49H,6-20,24,26-44H2,1-5H3/b23-22-,25-21-. The van der Waals surface area contributed by atoms with Crippen LogP contribution in [0.3, 0.4) is 0 Å². The predicted molar refractivity (Wildman–Crippen MR) is 237 cm³/mol. The van der Waals surface area contributed by atoms with Gasteiger partial charge in [-0.1, -0.05) is 160 Å².